The van der Waals surface area contributed by atoms with E-state index in [4.69, 9.17) is 24.9 Å². The van der Waals surface area contributed by atoms with Crippen molar-refractivity contribution >= 4 is 23.8 Å². The average molecular weight is 533 g/mol. The minimum absolute atomic E-state index is 0.0915. The molecule has 3 N–H and O–H groups in total. The van der Waals surface area contributed by atoms with Gasteiger partial charge in [0, 0.05) is 42.6 Å². The van der Waals surface area contributed by atoms with Gasteiger partial charge in [-0.1, -0.05) is 30.9 Å². The Kier molecular flexibility index (Phi) is 7.88. The molecule has 1 aromatic rings. The lowest BCUT2D eigenvalue weighted by Gasteiger charge is -2.43. The van der Waals surface area contributed by atoms with Crippen LogP contribution in [0.15, 0.2) is 64.9 Å². The minimum atomic E-state index is -0.458. The molecule has 5 aliphatic heterocycles. The first-order valence-corrected chi connectivity index (χ1v) is 13.4. The fourth-order valence-electron chi connectivity index (χ4n) is 5.60. The molecule has 1 aromatic carbocycles. The number of aliphatic imine (C=N–C) groups is 1. The number of guanidine groups is 1. The van der Waals surface area contributed by atoms with E-state index >= 15 is 0 Å². The number of carbonyl (C=O) groups is 2. The Balaban J connectivity index is 1.52. The van der Waals surface area contributed by atoms with Crippen LogP contribution in [-0.2, 0) is 19.1 Å². The number of nitrogens with one attached hydrogen (secondary N) is 1. The second kappa shape index (κ2) is 11.5. The highest BCUT2D eigenvalue weighted by Gasteiger charge is 2.42. The van der Waals surface area contributed by atoms with Crippen molar-refractivity contribution in [1.29, 1.82) is 0 Å². The lowest BCUT2D eigenvalue weighted by atomic mass is 9.88. The van der Waals surface area contributed by atoms with Gasteiger partial charge in [-0.05, 0) is 43.5 Å². The second-order valence-electron chi connectivity index (χ2n) is 10.4. The lowest BCUT2D eigenvalue weighted by molar-refractivity contribution is -0.131. The van der Waals surface area contributed by atoms with Crippen LogP contribution < -0.4 is 15.8 Å². The van der Waals surface area contributed by atoms with Crippen molar-refractivity contribution in [2.24, 2.45) is 16.6 Å². The summed E-state index contributed by atoms with van der Waals surface area (Å²) in [6.45, 7) is 7.24. The largest absolute Gasteiger partial charge is 0.493 e. The molecule has 9 heteroatoms. The van der Waals surface area contributed by atoms with Crippen LogP contribution >= 0.6 is 0 Å². The number of nitrogens with zero attached hydrogens (tertiary/aromatic N) is 2. The van der Waals surface area contributed by atoms with Gasteiger partial charge in [-0.25, -0.2) is 4.99 Å². The number of hydrogen-bond donors (Lipinski definition) is 2. The molecule has 0 aliphatic carbocycles. The van der Waals surface area contributed by atoms with E-state index in [0.717, 1.165) is 23.3 Å². The van der Waals surface area contributed by atoms with Crippen molar-refractivity contribution in [2.45, 2.75) is 50.7 Å². The Bertz CT molecular complexity index is 1280. The Morgan fingerprint density at radius 3 is 2.87 bits per heavy atom. The van der Waals surface area contributed by atoms with Gasteiger partial charge < -0.3 is 25.3 Å². The summed E-state index contributed by atoms with van der Waals surface area (Å²) in [4.78, 5) is 32.8. The van der Waals surface area contributed by atoms with E-state index in [-0.39, 0.29) is 42.2 Å². The van der Waals surface area contributed by atoms with Gasteiger partial charge >= 0.3 is 0 Å². The topological polar surface area (TPSA) is 115 Å². The van der Waals surface area contributed by atoms with Crippen LogP contribution in [-0.4, -0.2) is 61.7 Å². The van der Waals surface area contributed by atoms with E-state index in [1.54, 1.807) is 31.1 Å². The number of methoxy groups -OCH3 is 1. The zero-order valence-electron chi connectivity index (χ0n) is 22.5. The summed E-state index contributed by atoms with van der Waals surface area (Å²) < 4.78 is 17.3. The second-order valence-corrected chi connectivity index (χ2v) is 10.4. The van der Waals surface area contributed by atoms with Crippen molar-refractivity contribution in [3.8, 4) is 5.75 Å². The lowest BCUT2D eigenvalue weighted by Crippen LogP contribution is -2.57. The van der Waals surface area contributed by atoms with E-state index in [1.165, 1.54) is 0 Å². The number of rotatable bonds is 2. The molecule has 5 aliphatic rings. The summed E-state index contributed by atoms with van der Waals surface area (Å²) in [5, 5.41) is 3.16. The smallest absolute Gasteiger partial charge is 0.247 e. The van der Waals surface area contributed by atoms with Gasteiger partial charge in [0.1, 0.15) is 11.5 Å². The average Bonchev–Trinajstić information content (AvgIpc) is 2.91. The summed E-state index contributed by atoms with van der Waals surface area (Å²) in [6, 6.07) is 5.22. The summed E-state index contributed by atoms with van der Waals surface area (Å²) in [5.41, 5.74) is 9.50. The first-order chi connectivity index (χ1) is 18.9. The molecule has 206 valence electrons. The predicted octanol–water partition coefficient (Wildman–Crippen LogP) is 3.40. The highest BCUT2D eigenvalue weighted by molar-refractivity contribution is 5.99. The van der Waals surface area contributed by atoms with Crippen LogP contribution in [0.2, 0.25) is 0 Å². The van der Waals surface area contributed by atoms with Gasteiger partial charge in [-0.2, -0.15) is 0 Å². The molecule has 9 nitrogen and oxygen atoms in total. The van der Waals surface area contributed by atoms with E-state index in [9.17, 15) is 9.59 Å². The number of benzene rings is 1. The molecule has 4 unspecified atom stereocenters. The van der Waals surface area contributed by atoms with Gasteiger partial charge in [0.25, 0.3) is 0 Å². The number of carbonyl (C=O) groups excluding carboxylic acids is 2. The molecular weight excluding hydrogens is 496 g/mol. The monoisotopic (exact) mass is 532 g/mol. The molecule has 1 saturated heterocycles. The highest BCUT2D eigenvalue weighted by atomic mass is 16.5. The zero-order valence-corrected chi connectivity index (χ0v) is 22.5. The summed E-state index contributed by atoms with van der Waals surface area (Å²) >= 11 is 0. The number of nitrogens with two attached hydrogens (primary N) is 1. The normalized spacial score (nSPS) is 31.0. The Hall–Kier alpha value is -3.85. The third-order valence-corrected chi connectivity index (χ3v) is 7.67. The minimum Gasteiger partial charge on any atom is -0.493 e. The van der Waals surface area contributed by atoms with E-state index in [1.807, 2.05) is 12.1 Å². The molecule has 0 saturated carbocycles. The molecule has 5 heterocycles. The van der Waals surface area contributed by atoms with Crippen molar-refractivity contribution in [1.82, 2.24) is 10.2 Å². The van der Waals surface area contributed by atoms with E-state index in [2.05, 4.69) is 30.1 Å². The first-order valence-electron chi connectivity index (χ1n) is 13.4. The molecule has 1 fully saturated rings. The molecule has 6 bridgehead atoms. The summed E-state index contributed by atoms with van der Waals surface area (Å²) in [5.74, 6) is 1.04. The quantitative estimate of drug-likeness (QED) is 0.603. The molecular formula is C30H36N4O5. The number of fused-ring (bicyclic) bond motifs is 6. The SMILES string of the molecule is C=C1/C2=C\C=C(/C)C(=O)NC3CCOc4ccc(cc43)/C=C\CCC3CC(=O)N(C(N)=N3)C1C(COC)CO2. The molecule has 0 radical (unpaired) electrons. The van der Waals surface area contributed by atoms with Crippen molar-refractivity contribution < 1.29 is 23.8 Å². The fourth-order valence-corrected chi connectivity index (χ4v) is 5.60. The van der Waals surface area contributed by atoms with Crippen LogP contribution in [0.3, 0.4) is 0 Å². The maximum absolute atomic E-state index is 13.4. The van der Waals surface area contributed by atoms with Gasteiger partial charge in [0.05, 0.1) is 37.9 Å². The first kappa shape index (κ1) is 26.7. The van der Waals surface area contributed by atoms with E-state index < -0.39 is 6.04 Å². The summed E-state index contributed by atoms with van der Waals surface area (Å²) in [7, 11) is 1.61. The third kappa shape index (κ3) is 5.63. The fraction of sp³-hybridized carbons (Fsp3) is 0.433. The number of hydrogen-bond acceptors (Lipinski definition) is 7. The number of amides is 2. The third-order valence-electron chi connectivity index (χ3n) is 7.67. The summed E-state index contributed by atoms with van der Waals surface area (Å²) in [6.07, 6.45) is 9.99. The van der Waals surface area contributed by atoms with Crippen LogP contribution in [0.4, 0.5) is 0 Å². The van der Waals surface area contributed by atoms with Gasteiger partial charge in [-0.15, -0.1) is 0 Å². The Morgan fingerprint density at radius 1 is 1.23 bits per heavy atom. The van der Waals surface area contributed by atoms with Crippen LogP contribution in [0.25, 0.3) is 6.08 Å². The van der Waals surface area contributed by atoms with E-state index in [0.29, 0.717) is 49.6 Å². The van der Waals surface area contributed by atoms with Gasteiger partial charge in [0.15, 0.2) is 5.96 Å². The maximum atomic E-state index is 13.4. The molecule has 0 spiro atoms. The Morgan fingerprint density at radius 2 is 2.08 bits per heavy atom. The van der Waals surface area contributed by atoms with Crippen LogP contribution in [0, 0.1) is 5.92 Å². The number of allylic oxidation sites excluding steroid dienone is 3. The standard InChI is InChI=1S/C30H36N4O5/c1-18-8-10-25-19(2)28(21(16-37-3)17-39-25)34-27(35)15-22(32-30(34)31)7-5-4-6-20-9-11-26-23(14-20)24(12-13-38-26)33-29(18)36/h4,6,8-11,14,21-22,24,28H,2,5,7,12-13,15-17H2,1,3H3,(H2,31,32)(H,33,36)/b6-4-,18-8+,25-10+. The predicted molar refractivity (Wildman–Crippen MR) is 149 cm³/mol. The molecule has 39 heavy (non-hydrogen) atoms. The van der Waals surface area contributed by atoms with Gasteiger partial charge in [0.2, 0.25) is 11.8 Å². The Labute approximate surface area is 229 Å². The number of ether oxygens (including phenoxy) is 3. The zero-order chi connectivity index (χ0) is 27.5. The highest BCUT2D eigenvalue weighted by Crippen LogP contribution is 2.35. The molecule has 2 amide bonds. The van der Waals surface area contributed by atoms with Crippen molar-refractivity contribution in [3.63, 3.8) is 0 Å². The molecule has 4 atom stereocenters. The van der Waals surface area contributed by atoms with Crippen molar-refractivity contribution in [2.75, 3.05) is 26.9 Å². The van der Waals surface area contributed by atoms with Crippen molar-refractivity contribution in [3.05, 3.63) is 71.0 Å². The maximum Gasteiger partial charge on any atom is 0.247 e. The van der Waals surface area contributed by atoms with Crippen LogP contribution in [0.1, 0.15) is 49.8 Å². The van der Waals surface area contributed by atoms with Gasteiger partial charge in [-0.3, -0.25) is 14.5 Å². The molecule has 0 aromatic heterocycles. The van der Waals surface area contributed by atoms with Crippen LogP contribution in [0.5, 0.6) is 5.75 Å². The molecule has 6 rings (SSSR count).